The van der Waals surface area contributed by atoms with Crippen LogP contribution in [-0.2, 0) is 11.3 Å². The summed E-state index contributed by atoms with van der Waals surface area (Å²) in [4.78, 5) is 11.2. The van der Waals surface area contributed by atoms with Crippen molar-refractivity contribution in [3.63, 3.8) is 0 Å². The lowest BCUT2D eigenvalue weighted by molar-refractivity contribution is -0.114. The van der Waals surface area contributed by atoms with Crippen molar-refractivity contribution < 1.29 is 18.3 Å². The van der Waals surface area contributed by atoms with Gasteiger partial charge in [0.25, 0.3) is 0 Å². The molecular formula is C18H17FN4O3. The monoisotopic (exact) mass is 356 g/mol. The molecule has 1 heterocycles. The zero-order chi connectivity index (χ0) is 18.5. The Morgan fingerprint density at radius 1 is 1.19 bits per heavy atom. The van der Waals surface area contributed by atoms with Crippen LogP contribution in [0, 0.1) is 5.82 Å². The van der Waals surface area contributed by atoms with E-state index in [0.717, 1.165) is 0 Å². The van der Waals surface area contributed by atoms with Crippen LogP contribution in [0.3, 0.4) is 0 Å². The average Bonchev–Trinajstić information content (AvgIpc) is 3.09. The summed E-state index contributed by atoms with van der Waals surface area (Å²) in [6, 6.07) is 11.0. The van der Waals surface area contributed by atoms with Crippen molar-refractivity contribution in [2.45, 2.75) is 13.5 Å². The number of hydrogen-bond donors (Lipinski definition) is 2. The lowest BCUT2D eigenvalue weighted by Crippen LogP contribution is -2.07. The Kier molecular flexibility index (Phi) is 5.12. The van der Waals surface area contributed by atoms with Gasteiger partial charge in [0.15, 0.2) is 0 Å². The van der Waals surface area contributed by atoms with Crippen molar-refractivity contribution in [3.05, 3.63) is 54.2 Å². The highest BCUT2D eigenvalue weighted by molar-refractivity contribution is 5.89. The average molecular weight is 356 g/mol. The van der Waals surface area contributed by atoms with E-state index < -0.39 is 0 Å². The van der Waals surface area contributed by atoms with Gasteiger partial charge in [0.05, 0.1) is 19.3 Å². The molecule has 8 heteroatoms. The Balaban J connectivity index is 1.72. The molecule has 0 bridgehead atoms. The van der Waals surface area contributed by atoms with E-state index in [-0.39, 0.29) is 18.3 Å². The third kappa shape index (κ3) is 4.15. The number of aromatic nitrogens is 2. The molecule has 0 atom stereocenters. The summed E-state index contributed by atoms with van der Waals surface area (Å²) < 4.78 is 23.9. The summed E-state index contributed by atoms with van der Waals surface area (Å²) in [6.45, 7) is 1.70. The van der Waals surface area contributed by atoms with E-state index in [1.54, 1.807) is 37.4 Å². The molecule has 0 aliphatic heterocycles. The van der Waals surface area contributed by atoms with Gasteiger partial charge in [0, 0.05) is 18.2 Å². The highest BCUT2D eigenvalue weighted by Gasteiger charge is 2.10. The number of amides is 1. The summed E-state index contributed by atoms with van der Waals surface area (Å²) in [5, 5.41) is 13.8. The van der Waals surface area contributed by atoms with Crippen LogP contribution < -0.4 is 15.4 Å². The van der Waals surface area contributed by atoms with Crippen LogP contribution in [0.4, 0.5) is 15.8 Å². The first kappa shape index (κ1) is 17.4. The van der Waals surface area contributed by atoms with E-state index in [4.69, 9.17) is 9.15 Å². The van der Waals surface area contributed by atoms with E-state index in [2.05, 4.69) is 20.8 Å². The van der Waals surface area contributed by atoms with Crippen LogP contribution in [0.5, 0.6) is 5.75 Å². The van der Waals surface area contributed by atoms with Crippen molar-refractivity contribution in [2.75, 3.05) is 17.7 Å². The maximum absolute atomic E-state index is 13.0. The molecule has 2 N–H and O–H groups in total. The van der Waals surface area contributed by atoms with E-state index in [0.29, 0.717) is 34.5 Å². The van der Waals surface area contributed by atoms with Crippen LogP contribution in [0.25, 0.3) is 11.5 Å². The van der Waals surface area contributed by atoms with Gasteiger partial charge in [-0.15, -0.1) is 10.2 Å². The van der Waals surface area contributed by atoms with Gasteiger partial charge in [-0.1, -0.05) is 0 Å². The van der Waals surface area contributed by atoms with E-state index in [1.807, 2.05) is 0 Å². The van der Waals surface area contributed by atoms with Crippen LogP contribution >= 0.6 is 0 Å². The first-order valence-corrected chi connectivity index (χ1v) is 7.83. The second-order valence-corrected chi connectivity index (χ2v) is 5.46. The predicted octanol–water partition coefficient (Wildman–Crippen LogP) is 3.45. The largest absolute Gasteiger partial charge is 0.495 e. The minimum absolute atomic E-state index is 0.165. The van der Waals surface area contributed by atoms with E-state index in [1.165, 1.54) is 19.1 Å². The third-order valence-electron chi connectivity index (χ3n) is 3.51. The third-order valence-corrected chi connectivity index (χ3v) is 3.51. The Hall–Kier alpha value is -3.42. The normalized spacial score (nSPS) is 10.4. The number of methoxy groups -OCH3 is 1. The zero-order valence-corrected chi connectivity index (χ0v) is 14.2. The topological polar surface area (TPSA) is 89.3 Å². The fourth-order valence-electron chi connectivity index (χ4n) is 2.33. The summed E-state index contributed by atoms with van der Waals surface area (Å²) in [6.07, 6.45) is 0. The molecule has 7 nitrogen and oxygen atoms in total. The number of hydrogen-bond acceptors (Lipinski definition) is 6. The molecule has 0 spiro atoms. The second kappa shape index (κ2) is 7.64. The fraction of sp³-hybridized carbons (Fsp3) is 0.167. The van der Waals surface area contributed by atoms with Crippen LogP contribution in [0.15, 0.2) is 46.9 Å². The number of ether oxygens (including phenoxy) is 1. The standard InChI is InChI=1S/C18H17FN4O3/c1-11(24)21-14-7-8-16(25-2)15(9-14)20-10-17-22-23-18(26-17)12-3-5-13(19)6-4-12/h3-9,20H,10H2,1-2H3,(H,21,24). The van der Waals surface area contributed by atoms with Gasteiger partial charge in [-0.05, 0) is 42.5 Å². The molecule has 3 rings (SSSR count). The van der Waals surface area contributed by atoms with Crippen LogP contribution in [-0.4, -0.2) is 23.2 Å². The smallest absolute Gasteiger partial charge is 0.247 e. The van der Waals surface area contributed by atoms with Gasteiger partial charge in [0.1, 0.15) is 11.6 Å². The highest BCUT2D eigenvalue weighted by atomic mass is 19.1. The molecular weight excluding hydrogens is 339 g/mol. The molecule has 0 saturated heterocycles. The molecule has 0 unspecified atom stereocenters. The minimum Gasteiger partial charge on any atom is -0.495 e. The Bertz CT molecular complexity index is 909. The SMILES string of the molecule is COc1ccc(NC(C)=O)cc1NCc1nnc(-c2ccc(F)cc2)o1. The molecule has 26 heavy (non-hydrogen) atoms. The molecule has 1 aromatic heterocycles. The van der Waals surface area contributed by atoms with Gasteiger partial charge in [-0.25, -0.2) is 4.39 Å². The number of rotatable bonds is 6. The number of carbonyl (C=O) groups is 1. The van der Waals surface area contributed by atoms with Crippen molar-refractivity contribution in [3.8, 4) is 17.2 Å². The summed E-state index contributed by atoms with van der Waals surface area (Å²) in [5.41, 5.74) is 1.94. The Labute approximate surface area is 149 Å². The lowest BCUT2D eigenvalue weighted by atomic mass is 10.2. The number of anilines is 2. The van der Waals surface area contributed by atoms with Crippen molar-refractivity contribution in [1.82, 2.24) is 10.2 Å². The van der Waals surface area contributed by atoms with Crippen LogP contribution in [0.1, 0.15) is 12.8 Å². The second-order valence-electron chi connectivity index (χ2n) is 5.46. The van der Waals surface area contributed by atoms with E-state index in [9.17, 15) is 9.18 Å². The summed E-state index contributed by atoms with van der Waals surface area (Å²) in [5.74, 6) is 0.776. The van der Waals surface area contributed by atoms with Crippen LogP contribution in [0.2, 0.25) is 0 Å². The molecule has 1 amide bonds. The fourth-order valence-corrected chi connectivity index (χ4v) is 2.33. The zero-order valence-electron chi connectivity index (χ0n) is 14.2. The molecule has 0 saturated carbocycles. The van der Waals surface area contributed by atoms with Gasteiger partial charge in [-0.3, -0.25) is 4.79 Å². The maximum atomic E-state index is 13.0. The predicted molar refractivity (Wildman–Crippen MR) is 94.3 cm³/mol. The number of carbonyl (C=O) groups excluding carboxylic acids is 1. The lowest BCUT2D eigenvalue weighted by Gasteiger charge is -2.12. The first-order valence-electron chi connectivity index (χ1n) is 7.83. The minimum atomic E-state index is -0.332. The number of nitrogens with one attached hydrogen (secondary N) is 2. The first-order chi connectivity index (χ1) is 12.5. The maximum Gasteiger partial charge on any atom is 0.247 e. The van der Waals surface area contributed by atoms with Gasteiger partial charge < -0.3 is 19.8 Å². The molecule has 0 aliphatic rings. The molecule has 0 aliphatic carbocycles. The summed E-state index contributed by atoms with van der Waals surface area (Å²) in [7, 11) is 1.55. The molecule has 0 fully saturated rings. The molecule has 2 aromatic carbocycles. The van der Waals surface area contributed by atoms with Crippen molar-refractivity contribution in [2.24, 2.45) is 0 Å². The summed E-state index contributed by atoms with van der Waals surface area (Å²) >= 11 is 0. The number of halogens is 1. The number of nitrogens with zero attached hydrogens (tertiary/aromatic N) is 2. The van der Waals surface area contributed by atoms with E-state index >= 15 is 0 Å². The quantitative estimate of drug-likeness (QED) is 0.703. The number of benzene rings is 2. The Morgan fingerprint density at radius 3 is 2.65 bits per heavy atom. The van der Waals surface area contributed by atoms with Gasteiger partial charge >= 0.3 is 0 Å². The van der Waals surface area contributed by atoms with Crippen molar-refractivity contribution in [1.29, 1.82) is 0 Å². The molecule has 3 aromatic rings. The van der Waals surface area contributed by atoms with Gasteiger partial charge in [-0.2, -0.15) is 0 Å². The van der Waals surface area contributed by atoms with Crippen molar-refractivity contribution >= 4 is 17.3 Å². The molecule has 134 valence electrons. The van der Waals surface area contributed by atoms with Gasteiger partial charge in [0.2, 0.25) is 17.7 Å². The Morgan fingerprint density at radius 2 is 1.96 bits per heavy atom. The highest BCUT2D eigenvalue weighted by Crippen LogP contribution is 2.28. The molecule has 0 radical (unpaired) electrons.